The normalized spacial score (nSPS) is 16.1. The van der Waals surface area contributed by atoms with Gasteiger partial charge in [-0.3, -0.25) is 9.78 Å². The number of hydrogen-bond acceptors (Lipinski definition) is 7. The lowest BCUT2D eigenvalue weighted by Crippen LogP contribution is -2.27. The maximum atomic E-state index is 15.1. The van der Waals surface area contributed by atoms with Crippen molar-refractivity contribution in [1.29, 1.82) is 0 Å². The summed E-state index contributed by atoms with van der Waals surface area (Å²) in [7, 11) is 0. The summed E-state index contributed by atoms with van der Waals surface area (Å²) in [6.07, 6.45) is 6.52. The summed E-state index contributed by atoms with van der Waals surface area (Å²) < 4.78 is 20.7. The van der Waals surface area contributed by atoms with Crippen LogP contribution in [0.4, 0.5) is 16.2 Å². The Morgan fingerprint density at radius 2 is 2.09 bits per heavy atom. The molecule has 174 valence electrons. The van der Waals surface area contributed by atoms with Crippen molar-refractivity contribution in [3.8, 4) is 11.1 Å². The first-order chi connectivity index (χ1) is 16.5. The van der Waals surface area contributed by atoms with Crippen molar-refractivity contribution in [1.82, 2.24) is 23.1 Å². The minimum atomic E-state index is -0.515. The standard InChI is InChI=1S/C23H21FIN7O2/c1-13(33)29-25-16-5-7-17(8-6-16)27-23-28-22(31-34)21-20(18(24)12-32(21)30-23)15-4-9-19-14(11-15)3-2-10-26-19/h2-4,9-12,17H,5-8H2,1H3,(H,27,30)(H,29,33). The third-order valence-corrected chi connectivity index (χ3v) is 8.59. The molecule has 34 heavy (non-hydrogen) atoms. The molecular weight excluding hydrogens is 552 g/mol. The van der Waals surface area contributed by atoms with Crippen molar-refractivity contribution in [2.24, 2.45) is 5.18 Å². The van der Waals surface area contributed by atoms with Crippen LogP contribution in [0, 0.1) is 10.7 Å². The van der Waals surface area contributed by atoms with Gasteiger partial charge in [0.05, 0.1) is 11.7 Å². The lowest BCUT2D eigenvalue weighted by molar-refractivity contribution is -0.116. The molecule has 2 N–H and O–H groups in total. The second-order valence-electron chi connectivity index (χ2n) is 8.09. The summed E-state index contributed by atoms with van der Waals surface area (Å²) in [4.78, 5) is 31.4. The molecule has 3 aromatic heterocycles. The Balaban J connectivity index is 1.44. The quantitative estimate of drug-likeness (QED) is 0.197. The van der Waals surface area contributed by atoms with Crippen LogP contribution in [0.15, 0.2) is 47.9 Å². The zero-order valence-electron chi connectivity index (χ0n) is 18.3. The highest BCUT2D eigenvalue weighted by Crippen LogP contribution is 2.35. The number of hydrogen-bond donors (Lipinski definition) is 2. The third-order valence-electron chi connectivity index (χ3n) is 5.72. The number of pyridine rings is 1. The number of aromatic nitrogens is 4. The minimum Gasteiger partial charge on any atom is -0.350 e. The summed E-state index contributed by atoms with van der Waals surface area (Å²) in [6.45, 7) is 1.53. The number of amides is 1. The van der Waals surface area contributed by atoms with Crippen molar-refractivity contribution >= 4 is 58.6 Å². The summed E-state index contributed by atoms with van der Waals surface area (Å²) in [5.41, 5.74) is 1.83. The van der Waals surface area contributed by atoms with Crippen LogP contribution >= 0.6 is 21.0 Å². The van der Waals surface area contributed by atoms with E-state index < -0.39 is 26.8 Å². The van der Waals surface area contributed by atoms with E-state index >= 15 is 4.39 Å². The molecule has 3 heterocycles. The van der Waals surface area contributed by atoms with Gasteiger partial charge in [-0.15, -0.1) is 10.0 Å². The molecule has 0 bridgehead atoms. The van der Waals surface area contributed by atoms with E-state index in [1.54, 1.807) is 18.3 Å². The van der Waals surface area contributed by atoms with Crippen molar-refractivity contribution in [2.45, 2.75) is 38.6 Å². The Kier molecular flexibility index (Phi) is 6.26. The molecule has 1 saturated carbocycles. The van der Waals surface area contributed by atoms with Gasteiger partial charge in [0.1, 0.15) is 5.52 Å². The van der Waals surface area contributed by atoms with Gasteiger partial charge in [0.2, 0.25) is 17.7 Å². The number of nitroso groups, excluding NO2 is 1. The molecule has 0 aliphatic heterocycles. The fourth-order valence-electron chi connectivity index (χ4n) is 4.15. The minimum absolute atomic E-state index is 0.00910. The number of rotatable bonds is 5. The molecule has 11 heteroatoms. The lowest BCUT2D eigenvalue weighted by Gasteiger charge is -2.24. The summed E-state index contributed by atoms with van der Waals surface area (Å²) in [5.74, 6) is -0.396. The van der Waals surface area contributed by atoms with Crippen molar-refractivity contribution < 1.29 is 9.18 Å². The molecular formula is C23H21FIN7O2. The Morgan fingerprint density at radius 3 is 2.85 bits per heavy atom. The molecule has 9 nitrogen and oxygen atoms in total. The maximum Gasteiger partial charge on any atom is 0.243 e. The molecule has 1 aliphatic carbocycles. The van der Waals surface area contributed by atoms with E-state index in [9.17, 15) is 9.70 Å². The first kappa shape index (κ1) is 22.4. The van der Waals surface area contributed by atoms with Crippen LogP contribution in [0.25, 0.3) is 27.5 Å². The first-order valence-corrected chi connectivity index (χ1v) is 13.0. The van der Waals surface area contributed by atoms with E-state index in [2.05, 4.69) is 29.1 Å². The number of fused-ring (bicyclic) bond motifs is 2. The van der Waals surface area contributed by atoms with Crippen LogP contribution in [0.3, 0.4) is 0 Å². The van der Waals surface area contributed by atoms with Crippen molar-refractivity contribution in [2.75, 3.05) is 5.32 Å². The Morgan fingerprint density at radius 1 is 1.26 bits per heavy atom. The number of nitrogens with zero attached hydrogens (tertiary/aromatic N) is 5. The van der Waals surface area contributed by atoms with Crippen LogP contribution in [-0.2, 0) is 4.79 Å². The predicted molar refractivity (Wildman–Crippen MR) is 138 cm³/mol. The van der Waals surface area contributed by atoms with Gasteiger partial charge in [0.15, 0.2) is 5.82 Å². The molecule has 0 unspecified atom stereocenters. The first-order valence-electron chi connectivity index (χ1n) is 10.8. The molecule has 1 amide bonds. The van der Waals surface area contributed by atoms with Crippen LogP contribution in [0.1, 0.15) is 32.6 Å². The van der Waals surface area contributed by atoms with E-state index in [0.29, 0.717) is 5.56 Å². The Labute approximate surface area is 204 Å². The van der Waals surface area contributed by atoms with Gasteiger partial charge in [0.25, 0.3) is 0 Å². The highest BCUT2D eigenvalue weighted by Gasteiger charge is 2.23. The summed E-state index contributed by atoms with van der Waals surface area (Å²) >= 11 is -0.432. The van der Waals surface area contributed by atoms with Gasteiger partial charge in [-0.1, -0.05) is 12.1 Å². The average Bonchev–Trinajstić information content (AvgIpc) is 3.18. The monoisotopic (exact) mass is 573 g/mol. The molecule has 0 atom stereocenters. The lowest BCUT2D eigenvalue weighted by atomic mass is 9.96. The number of carbonyl (C=O) groups is 1. The second-order valence-corrected chi connectivity index (χ2v) is 10.7. The van der Waals surface area contributed by atoms with Crippen LogP contribution in [0.5, 0.6) is 0 Å². The van der Waals surface area contributed by atoms with E-state index in [1.807, 2.05) is 18.2 Å². The Hall–Kier alpha value is -3.35. The molecule has 1 aromatic carbocycles. The largest absolute Gasteiger partial charge is 0.350 e. The fraction of sp³-hybridized carbons (Fsp3) is 0.261. The van der Waals surface area contributed by atoms with Gasteiger partial charge in [-0.25, -0.2) is 8.91 Å². The predicted octanol–water partition coefficient (Wildman–Crippen LogP) is 5.03. The molecule has 0 spiro atoms. The van der Waals surface area contributed by atoms with Gasteiger partial charge >= 0.3 is 0 Å². The van der Waals surface area contributed by atoms with E-state index in [4.69, 9.17) is 0 Å². The van der Waals surface area contributed by atoms with Crippen molar-refractivity contribution in [3.05, 3.63) is 53.4 Å². The number of anilines is 1. The topological polar surface area (TPSA) is 114 Å². The smallest absolute Gasteiger partial charge is 0.243 e. The molecule has 1 aliphatic rings. The number of carbonyl (C=O) groups excluding carboxylic acids is 1. The number of nitrogens with one attached hydrogen (secondary N) is 2. The van der Waals surface area contributed by atoms with Crippen LogP contribution in [0.2, 0.25) is 0 Å². The highest BCUT2D eigenvalue weighted by atomic mass is 127. The van der Waals surface area contributed by atoms with Gasteiger partial charge in [-0.2, -0.15) is 4.98 Å². The second kappa shape index (κ2) is 9.49. The van der Waals surface area contributed by atoms with Gasteiger partial charge in [-0.05, 0) is 79.1 Å². The van der Waals surface area contributed by atoms with Crippen molar-refractivity contribution in [3.63, 3.8) is 0 Å². The van der Waals surface area contributed by atoms with E-state index in [1.165, 1.54) is 21.1 Å². The summed E-state index contributed by atoms with van der Waals surface area (Å²) in [6, 6.07) is 9.21. The fourth-order valence-corrected chi connectivity index (χ4v) is 6.07. The molecule has 0 radical (unpaired) electrons. The van der Waals surface area contributed by atoms with Crippen LogP contribution < -0.4 is 8.85 Å². The Bertz CT molecular complexity index is 1440. The highest BCUT2D eigenvalue weighted by molar-refractivity contribution is 14.2. The molecule has 0 saturated heterocycles. The molecule has 5 rings (SSSR count). The van der Waals surface area contributed by atoms with Gasteiger partial charge in [0, 0.05) is 30.1 Å². The van der Waals surface area contributed by atoms with E-state index in [-0.39, 0.29) is 34.8 Å². The average molecular weight is 573 g/mol. The zero-order valence-corrected chi connectivity index (χ0v) is 20.4. The van der Waals surface area contributed by atoms with Crippen LogP contribution in [-0.4, -0.2) is 35.0 Å². The van der Waals surface area contributed by atoms with E-state index in [0.717, 1.165) is 36.6 Å². The summed E-state index contributed by atoms with van der Waals surface area (Å²) in [5, 5.41) is 11.6. The molecule has 1 fully saturated rings. The SMILES string of the molecule is CC(=O)NI=C1CCC(Nc2nc(N=O)c3c(-c4ccc5ncccc5c4)c(F)cn3n2)CC1. The number of halogens is 2. The third kappa shape index (κ3) is 4.52. The van der Waals surface area contributed by atoms with Gasteiger partial charge < -0.3 is 8.85 Å². The maximum absolute atomic E-state index is 15.1. The number of benzene rings is 1. The molecule has 4 aromatic rings. The zero-order chi connectivity index (χ0) is 23.7.